The fraction of sp³-hybridized carbons (Fsp3) is 0.920. The maximum atomic E-state index is 10.1. The first-order valence-corrected chi connectivity index (χ1v) is 12.0. The van der Waals surface area contributed by atoms with Gasteiger partial charge in [0.2, 0.25) is 0 Å². The molecule has 0 saturated heterocycles. The van der Waals surface area contributed by atoms with E-state index in [0.717, 1.165) is 38.0 Å². The van der Waals surface area contributed by atoms with Crippen molar-refractivity contribution in [3.63, 3.8) is 0 Å². The quantitative estimate of drug-likeness (QED) is 0.466. The molecule has 2 saturated carbocycles. The zero-order valence-corrected chi connectivity index (χ0v) is 19.8. The van der Waals surface area contributed by atoms with Crippen LogP contribution in [0.3, 0.4) is 0 Å². The molecular weight excluding hydrogens is 346 g/mol. The number of unbranched alkanes of at least 4 members (excludes halogenated alkanes) is 1. The van der Waals surface area contributed by atoms with Gasteiger partial charge in [-0.05, 0) is 61.8 Å². The molecule has 2 rings (SSSR count). The molecule has 28 heavy (non-hydrogen) atoms. The number of hydrogen-bond acceptors (Lipinski definition) is 3. The molecule has 0 bridgehead atoms. The molecule has 0 heterocycles. The van der Waals surface area contributed by atoms with Gasteiger partial charge < -0.3 is 15.9 Å². The van der Waals surface area contributed by atoms with Crippen molar-refractivity contribution < 1.29 is 10.2 Å². The van der Waals surface area contributed by atoms with E-state index in [-0.39, 0.29) is 24.0 Å². The molecular formula is C25H51NO2. The summed E-state index contributed by atoms with van der Waals surface area (Å²) in [7, 11) is 0. The number of rotatable bonds is 7. The summed E-state index contributed by atoms with van der Waals surface area (Å²) in [6.07, 6.45) is 10.1. The van der Waals surface area contributed by atoms with Crippen LogP contribution < -0.4 is 5.73 Å². The second-order valence-electron chi connectivity index (χ2n) is 9.05. The van der Waals surface area contributed by atoms with E-state index in [4.69, 9.17) is 5.73 Å². The monoisotopic (exact) mass is 397 g/mol. The molecule has 2 fully saturated rings. The van der Waals surface area contributed by atoms with Gasteiger partial charge in [-0.15, -0.1) is 0 Å². The Bertz CT molecular complexity index is 411. The number of fused-ring (bicyclic) bond motifs is 1. The Hall–Kier alpha value is -0.380. The van der Waals surface area contributed by atoms with Gasteiger partial charge in [0, 0.05) is 12.5 Å². The van der Waals surface area contributed by atoms with Crippen LogP contribution in [0.1, 0.15) is 99.3 Å². The van der Waals surface area contributed by atoms with Crippen molar-refractivity contribution in [2.45, 2.75) is 105 Å². The predicted molar refractivity (Wildman–Crippen MR) is 123 cm³/mol. The molecule has 0 aromatic carbocycles. The fourth-order valence-electron chi connectivity index (χ4n) is 5.28. The smallest absolute Gasteiger partial charge is 0.0593 e. The Labute approximate surface area is 176 Å². The average molecular weight is 398 g/mol. The van der Waals surface area contributed by atoms with Crippen LogP contribution in [-0.4, -0.2) is 29.5 Å². The maximum absolute atomic E-state index is 10.1. The van der Waals surface area contributed by atoms with Crippen LogP contribution in [0.5, 0.6) is 0 Å². The van der Waals surface area contributed by atoms with E-state index in [9.17, 15) is 10.2 Å². The first kappa shape index (κ1) is 27.6. The summed E-state index contributed by atoms with van der Waals surface area (Å²) in [4.78, 5) is 0. The second-order valence-corrected chi connectivity index (χ2v) is 9.05. The van der Waals surface area contributed by atoms with Gasteiger partial charge in [0.15, 0.2) is 0 Å². The van der Waals surface area contributed by atoms with E-state index >= 15 is 0 Å². The van der Waals surface area contributed by atoms with Crippen LogP contribution in [0.15, 0.2) is 12.2 Å². The Kier molecular flexibility index (Phi) is 14.4. The fourth-order valence-corrected chi connectivity index (χ4v) is 5.28. The third-order valence-electron chi connectivity index (χ3n) is 7.32. The van der Waals surface area contributed by atoms with Gasteiger partial charge in [-0.3, -0.25) is 0 Å². The first-order chi connectivity index (χ1) is 13.3. The highest BCUT2D eigenvalue weighted by molar-refractivity contribution is 5.15. The van der Waals surface area contributed by atoms with Crippen molar-refractivity contribution in [2.75, 3.05) is 13.2 Å². The first-order valence-electron chi connectivity index (χ1n) is 12.0. The summed E-state index contributed by atoms with van der Waals surface area (Å²) in [6.45, 7) is 18.2. The number of nitrogens with two attached hydrogens (primary N) is 1. The van der Waals surface area contributed by atoms with Gasteiger partial charge in [-0.2, -0.15) is 0 Å². The lowest BCUT2D eigenvalue weighted by molar-refractivity contribution is -0.0942. The van der Waals surface area contributed by atoms with Gasteiger partial charge >= 0.3 is 0 Å². The molecule has 3 nitrogen and oxygen atoms in total. The van der Waals surface area contributed by atoms with Crippen LogP contribution in [-0.2, 0) is 0 Å². The van der Waals surface area contributed by atoms with Gasteiger partial charge in [0.1, 0.15) is 0 Å². The van der Waals surface area contributed by atoms with E-state index < -0.39 is 0 Å². The topological polar surface area (TPSA) is 66.5 Å². The molecule has 168 valence electrons. The number of hydrogen-bond donors (Lipinski definition) is 3. The molecule has 6 atom stereocenters. The third-order valence-corrected chi connectivity index (χ3v) is 7.32. The number of allylic oxidation sites excluding steroid dienone is 1. The predicted octanol–water partition coefficient (Wildman–Crippen LogP) is 5.94. The van der Waals surface area contributed by atoms with Gasteiger partial charge in [0.05, 0.1) is 6.10 Å². The molecule has 0 aliphatic heterocycles. The molecule has 0 radical (unpaired) electrons. The van der Waals surface area contributed by atoms with Crippen LogP contribution in [0.4, 0.5) is 0 Å². The van der Waals surface area contributed by atoms with Crippen molar-refractivity contribution in [3.05, 3.63) is 12.2 Å². The summed E-state index contributed by atoms with van der Waals surface area (Å²) < 4.78 is 0. The van der Waals surface area contributed by atoms with Crippen LogP contribution in [0, 0.1) is 29.1 Å². The lowest BCUT2D eigenvalue weighted by Gasteiger charge is -2.55. The van der Waals surface area contributed by atoms with E-state index in [0.29, 0.717) is 18.4 Å². The van der Waals surface area contributed by atoms with Crippen LogP contribution in [0.25, 0.3) is 0 Å². The van der Waals surface area contributed by atoms with E-state index in [1.807, 2.05) is 13.8 Å². The van der Waals surface area contributed by atoms with Crippen molar-refractivity contribution in [1.29, 1.82) is 0 Å². The molecule has 0 aromatic rings. The Morgan fingerprint density at radius 1 is 1.25 bits per heavy atom. The minimum Gasteiger partial charge on any atom is -0.396 e. The summed E-state index contributed by atoms with van der Waals surface area (Å²) in [5, 5.41) is 19.7. The summed E-state index contributed by atoms with van der Waals surface area (Å²) in [5.74, 6) is 1.86. The molecule has 6 unspecified atom stereocenters. The van der Waals surface area contributed by atoms with Gasteiger partial charge in [0.25, 0.3) is 0 Å². The highest BCUT2D eigenvalue weighted by atomic mass is 16.3. The molecule has 0 amide bonds. The van der Waals surface area contributed by atoms with Crippen molar-refractivity contribution in [2.24, 2.45) is 34.8 Å². The lowest BCUT2D eigenvalue weighted by atomic mass is 9.50. The molecule has 4 N–H and O–H groups in total. The number of aliphatic hydroxyl groups is 2. The minimum absolute atomic E-state index is 0.0390. The van der Waals surface area contributed by atoms with Gasteiger partial charge in [-0.1, -0.05) is 79.4 Å². The second kappa shape index (κ2) is 14.6. The van der Waals surface area contributed by atoms with Crippen molar-refractivity contribution in [1.82, 2.24) is 0 Å². The van der Waals surface area contributed by atoms with Crippen LogP contribution >= 0.6 is 0 Å². The summed E-state index contributed by atoms with van der Waals surface area (Å²) in [5.41, 5.74) is 7.25. The highest BCUT2D eigenvalue weighted by Crippen LogP contribution is 2.57. The molecule has 0 spiro atoms. The maximum Gasteiger partial charge on any atom is 0.0593 e. The highest BCUT2D eigenvalue weighted by Gasteiger charge is 2.51. The SMILES string of the molecule is C=C1CCC2C(CO)C(O)CCC2(C)C1CCN.CC.CCCCC(C)CC. The normalized spacial score (nSPS) is 33.0. The Morgan fingerprint density at radius 2 is 1.89 bits per heavy atom. The van der Waals surface area contributed by atoms with Gasteiger partial charge in [-0.25, -0.2) is 0 Å². The lowest BCUT2D eigenvalue weighted by Crippen LogP contribution is -2.51. The van der Waals surface area contributed by atoms with Crippen molar-refractivity contribution >= 4 is 0 Å². The Balaban J connectivity index is 0.000000618. The summed E-state index contributed by atoms with van der Waals surface area (Å²) in [6, 6.07) is 0. The third kappa shape index (κ3) is 7.46. The average Bonchev–Trinajstić information content (AvgIpc) is 2.71. The molecule has 3 heteroatoms. The standard InChI is InChI=1S/C15H27NO2.C8H18.C2H6/c1-10-3-4-13-11(9-17)14(18)5-7-15(13,2)12(10)6-8-16;1-4-6-7-8(3)5-2;1-2/h11-14,17-18H,1,3-9,16H2,2H3;8H,4-7H2,1-3H3;1-2H3. The van der Waals surface area contributed by atoms with E-state index in [1.165, 1.54) is 31.3 Å². The molecule has 2 aliphatic carbocycles. The minimum atomic E-state index is -0.335. The van der Waals surface area contributed by atoms with Crippen molar-refractivity contribution in [3.8, 4) is 0 Å². The molecule has 2 aliphatic rings. The zero-order chi connectivity index (χ0) is 21.7. The van der Waals surface area contributed by atoms with E-state index in [2.05, 4.69) is 34.3 Å². The zero-order valence-electron chi connectivity index (χ0n) is 19.8. The Morgan fingerprint density at radius 3 is 2.39 bits per heavy atom. The largest absolute Gasteiger partial charge is 0.396 e. The number of aliphatic hydroxyl groups excluding tert-OH is 2. The molecule has 0 aromatic heterocycles. The van der Waals surface area contributed by atoms with Crippen LogP contribution in [0.2, 0.25) is 0 Å². The van der Waals surface area contributed by atoms with E-state index in [1.54, 1.807) is 0 Å². The summed E-state index contributed by atoms with van der Waals surface area (Å²) >= 11 is 0.